The number of hydrogen-bond donors (Lipinski definition) is 1. The van der Waals surface area contributed by atoms with E-state index in [-0.39, 0.29) is 5.78 Å². The maximum atomic E-state index is 12.7. The third-order valence-corrected chi connectivity index (χ3v) is 4.14. The molecular weight excluding hydrogens is 302 g/mol. The second-order valence-corrected chi connectivity index (χ2v) is 6.96. The second-order valence-electron chi connectivity index (χ2n) is 5.18. The Labute approximate surface area is 129 Å². The number of benzene rings is 2. The van der Waals surface area contributed by atoms with Gasteiger partial charge >= 0.3 is 0 Å². The smallest absolute Gasteiger partial charge is 0.209 e. The van der Waals surface area contributed by atoms with Gasteiger partial charge in [-0.15, -0.1) is 0 Å². The quantitative estimate of drug-likeness (QED) is 0.939. The minimum absolute atomic E-state index is 0.291. The average Bonchev–Trinajstić information content (AvgIpc) is 2.50. The SMILES string of the molecule is CS(=O)(=O)N[C@@H]1C(=O)c2ccccc2O[C@@H]1c1ccccc1. The molecule has 0 spiro atoms. The highest BCUT2D eigenvalue weighted by Crippen LogP contribution is 2.35. The molecule has 6 heteroatoms. The van der Waals surface area contributed by atoms with Crippen molar-refractivity contribution in [3.8, 4) is 5.75 Å². The van der Waals surface area contributed by atoms with Crippen LogP contribution in [0.5, 0.6) is 5.75 Å². The molecule has 2 aromatic carbocycles. The van der Waals surface area contributed by atoms with E-state index in [1.807, 2.05) is 30.3 Å². The zero-order valence-corrected chi connectivity index (χ0v) is 12.7. The Morgan fingerprint density at radius 1 is 1.00 bits per heavy atom. The maximum absolute atomic E-state index is 12.7. The molecule has 5 nitrogen and oxygen atoms in total. The Hall–Kier alpha value is -2.18. The van der Waals surface area contributed by atoms with Crippen molar-refractivity contribution in [2.45, 2.75) is 12.1 Å². The van der Waals surface area contributed by atoms with Gasteiger partial charge in [-0.2, -0.15) is 0 Å². The van der Waals surface area contributed by atoms with Crippen LogP contribution >= 0.6 is 0 Å². The second kappa shape index (κ2) is 5.55. The van der Waals surface area contributed by atoms with Crippen LogP contribution < -0.4 is 9.46 Å². The molecule has 1 aliphatic heterocycles. The van der Waals surface area contributed by atoms with Crippen LogP contribution in [0.15, 0.2) is 54.6 Å². The first-order chi connectivity index (χ1) is 10.5. The van der Waals surface area contributed by atoms with Gasteiger partial charge in [-0.1, -0.05) is 42.5 Å². The van der Waals surface area contributed by atoms with Crippen LogP contribution in [-0.2, 0) is 10.0 Å². The van der Waals surface area contributed by atoms with Crippen molar-refractivity contribution in [1.29, 1.82) is 0 Å². The van der Waals surface area contributed by atoms with E-state index < -0.39 is 22.2 Å². The lowest BCUT2D eigenvalue weighted by Gasteiger charge is -2.32. The summed E-state index contributed by atoms with van der Waals surface area (Å²) in [6.45, 7) is 0. The molecule has 2 aromatic rings. The zero-order chi connectivity index (χ0) is 15.7. The molecule has 1 heterocycles. The summed E-state index contributed by atoms with van der Waals surface area (Å²) in [6, 6.07) is 15.0. The van der Waals surface area contributed by atoms with Crippen molar-refractivity contribution >= 4 is 15.8 Å². The molecule has 0 saturated heterocycles. The minimum Gasteiger partial charge on any atom is -0.483 e. The first-order valence-corrected chi connectivity index (χ1v) is 8.67. The van der Waals surface area contributed by atoms with Crippen molar-refractivity contribution < 1.29 is 17.9 Å². The van der Waals surface area contributed by atoms with E-state index in [9.17, 15) is 13.2 Å². The van der Waals surface area contributed by atoms with E-state index >= 15 is 0 Å². The summed E-state index contributed by atoms with van der Waals surface area (Å²) in [7, 11) is -3.55. The molecule has 0 saturated carbocycles. The normalized spacial score (nSPS) is 21.0. The molecule has 3 rings (SSSR count). The van der Waals surface area contributed by atoms with Crippen LogP contribution in [0.2, 0.25) is 0 Å². The summed E-state index contributed by atoms with van der Waals surface area (Å²) >= 11 is 0. The number of carbonyl (C=O) groups excluding carboxylic acids is 1. The largest absolute Gasteiger partial charge is 0.483 e. The van der Waals surface area contributed by atoms with E-state index in [0.29, 0.717) is 11.3 Å². The van der Waals surface area contributed by atoms with Crippen LogP contribution in [0.25, 0.3) is 0 Å². The van der Waals surface area contributed by atoms with Crippen LogP contribution in [0.1, 0.15) is 22.0 Å². The maximum Gasteiger partial charge on any atom is 0.209 e. The minimum atomic E-state index is -3.55. The molecule has 1 aliphatic rings. The molecule has 114 valence electrons. The molecule has 0 fully saturated rings. The highest BCUT2D eigenvalue weighted by Gasteiger charge is 2.39. The Bertz CT molecular complexity index is 802. The fraction of sp³-hybridized carbons (Fsp3) is 0.188. The molecule has 0 amide bonds. The molecule has 0 radical (unpaired) electrons. The van der Waals surface area contributed by atoms with Crippen LogP contribution in [0.4, 0.5) is 0 Å². The predicted molar refractivity (Wildman–Crippen MR) is 82.4 cm³/mol. The van der Waals surface area contributed by atoms with Crippen molar-refractivity contribution in [2.75, 3.05) is 6.26 Å². The van der Waals surface area contributed by atoms with Crippen LogP contribution in [-0.4, -0.2) is 26.5 Å². The third kappa shape index (κ3) is 2.88. The molecule has 0 bridgehead atoms. The van der Waals surface area contributed by atoms with Gasteiger partial charge in [0.1, 0.15) is 17.9 Å². The predicted octanol–water partition coefficient (Wildman–Crippen LogP) is 1.92. The number of Topliss-reactive ketones (excluding diaryl/α,β-unsaturated/α-hetero) is 1. The molecule has 0 aromatic heterocycles. The first-order valence-electron chi connectivity index (χ1n) is 6.78. The number of ether oxygens (including phenoxy) is 1. The topological polar surface area (TPSA) is 72.5 Å². The van der Waals surface area contributed by atoms with Gasteiger partial charge in [0.2, 0.25) is 10.0 Å². The summed E-state index contributed by atoms with van der Waals surface area (Å²) < 4.78 is 31.5. The summed E-state index contributed by atoms with van der Waals surface area (Å²) in [5, 5.41) is 0. The van der Waals surface area contributed by atoms with Crippen molar-refractivity contribution in [1.82, 2.24) is 4.72 Å². The number of ketones is 1. The average molecular weight is 317 g/mol. The number of carbonyl (C=O) groups is 1. The standard InChI is InChI=1S/C16H15NO4S/c1-22(19,20)17-14-15(18)12-9-5-6-10-13(12)21-16(14)11-7-3-2-4-8-11/h2-10,14,16-17H,1H3/t14-,16-/m1/s1. The van der Waals surface area contributed by atoms with Crippen LogP contribution in [0.3, 0.4) is 0 Å². The molecule has 22 heavy (non-hydrogen) atoms. The fourth-order valence-electron chi connectivity index (χ4n) is 2.53. The van der Waals surface area contributed by atoms with E-state index in [0.717, 1.165) is 11.8 Å². The van der Waals surface area contributed by atoms with Gasteiger partial charge in [0.25, 0.3) is 0 Å². The van der Waals surface area contributed by atoms with Gasteiger partial charge in [0.05, 0.1) is 11.8 Å². The zero-order valence-electron chi connectivity index (χ0n) is 11.9. The first kappa shape index (κ1) is 14.7. The van der Waals surface area contributed by atoms with Crippen molar-refractivity contribution in [2.24, 2.45) is 0 Å². The lowest BCUT2D eigenvalue weighted by molar-refractivity contribution is 0.0767. The number of sulfonamides is 1. The number of hydrogen-bond acceptors (Lipinski definition) is 4. The summed E-state index contributed by atoms with van der Waals surface area (Å²) in [5.41, 5.74) is 1.13. The highest BCUT2D eigenvalue weighted by molar-refractivity contribution is 7.88. The van der Waals surface area contributed by atoms with E-state index in [1.54, 1.807) is 24.3 Å². The Morgan fingerprint density at radius 2 is 1.64 bits per heavy atom. The third-order valence-electron chi connectivity index (χ3n) is 3.46. The fourth-order valence-corrected chi connectivity index (χ4v) is 3.22. The summed E-state index contributed by atoms with van der Waals surface area (Å²) in [5.74, 6) is 0.175. The van der Waals surface area contributed by atoms with Gasteiger partial charge < -0.3 is 4.74 Å². The van der Waals surface area contributed by atoms with Gasteiger partial charge in [0.15, 0.2) is 5.78 Å². The summed E-state index contributed by atoms with van der Waals surface area (Å²) in [6.07, 6.45) is 0.335. The molecular formula is C16H15NO4S. The van der Waals surface area contributed by atoms with E-state index in [4.69, 9.17) is 4.74 Å². The molecule has 1 N–H and O–H groups in total. The van der Waals surface area contributed by atoms with Gasteiger partial charge in [-0.25, -0.2) is 13.1 Å². The lowest BCUT2D eigenvalue weighted by Crippen LogP contribution is -2.48. The molecule has 0 aliphatic carbocycles. The van der Waals surface area contributed by atoms with Crippen molar-refractivity contribution in [3.63, 3.8) is 0 Å². The van der Waals surface area contributed by atoms with Crippen LogP contribution in [0, 0.1) is 0 Å². The monoisotopic (exact) mass is 317 g/mol. The molecule has 2 atom stereocenters. The molecule has 0 unspecified atom stereocenters. The number of fused-ring (bicyclic) bond motifs is 1. The number of nitrogens with one attached hydrogen (secondary N) is 1. The lowest BCUT2D eigenvalue weighted by atomic mass is 9.92. The van der Waals surface area contributed by atoms with E-state index in [2.05, 4.69) is 4.72 Å². The van der Waals surface area contributed by atoms with Gasteiger partial charge in [0, 0.05) is 0 Å². The van der Waals surface area contributed by atoms with E-state index in [1.165, 1.54) is 0 Å². The van der Waals surface area contributed by atoms with Crippen molar-refractivity contribution in [3.05, 3.63) is 65.7 Å². The van der Waals surface area contributed by atoms with Gasteiger partial charge in [-0.3, -0.25) is 4.79 Å². The number of rotatable bonds is 3. The summed E-state index contributed by atoms with van der Waals surface area (Å²) in [4.78, 5) is 12.7. The number of para-hydroxylation sites is 1. The highest BCUT2D eigenvalue weighted by atomic mass is 32.2. The Balaban J connectivity index is 2.08. The Morgan fingerprint density at radius 3 is 2.32 bits per heavy atom. The van der Waals surface area contributed by atoms with Gasteiger partial charge in [-0.05, 0) is 17.7 Å². The Kier molecular flexibility index (Phi) is 3.72.